The van der Waals surface area contributed by atoms with Gasteiger partial charge in [-0.25, -0.2) is 0 Å². The number of aromatic hydroxyl groups is 3. The molecule has 156 valence electrons. The molecule has 0 radical (unpaired) electrons. The highest BCUT2D eigenvalue weighted by molar-refractivity contribution is 5.53. The summed E-state index contributed by atoms with van der Waals surface area (Å²) in [7, 11) is 0. The third-order valence-corrected chi connectivity index (χ3v) is 6.05. The number of rotatable bonds is 5. The Balaban J connectivity index is 1.78. The molecule has 0 saturated heterocycles. The van der Waals surface area contributed by atoms with Crippen LogP contribution in [0.4, 0.5) is 0 Å². The zero-order valence-corrected chi connectivity index (χ0v) is 17.7. The zero-order chi connectivity index (χ0) is 22.0. The van der Waals surface area contributed by atoms with Crippen LogP contribution in [0.15, 0.2) is 97.1 Å². The van der Waals surface area contributed by atoms with Gasteiger partial charge in [0.1, 0.15) is 17.2 Å². The first kappa shape index (κ1) is 20.5. The van der Waals surface area contributed by atoms with Crippen LogP contribution in [0.1, 0.15) is 47.6 Å². The van der Waals surface area contributed by atoms with E-state index >= 15 is 0 Å². The Morgan fingerprint density at radius 1 is 0.548 bits per heavy atom. The lowest BCUT2D eigenvalue weighted by molar-refractivity contribution is 0.458. The van der Waals surface area contributed by atoms with E-state index in [1.54, 1.807) is 36.4 Å². The van der Waals surface area contributed by atoms with Gasteiger partial charge in [-0.15, -0.1) is 0 Å². The van der Waals surface area contributed by atoms with Crippen molar-refractivity contribution >= 4 is 0 Å². The van der Waals surface area contributed by atoms with Crippen molar-refractivity contribution in [2.75, 3.05) is 0 Å². The van der Waals surface area contributed by atoms with Gasteiger partial charge in [0.2, 0.25) is 0 Å². The monoisotopic (exact) mass is 410 g/mol. The standard InChI is InChI=1S/C28H26O3/c1-28(2,21-15-17-22(29)18-16-21)20-13-11-19(12-14-20)27(23-7-3-5-9-25(23)30)24-8-4-6-10-26(24)31/h3-18,27,29-31H,1-2H3. The normalized spacial score (nSPS) is 11.6. The molecule has 0 aromatic heterocycles. The van der Waals surface area contributed by atoms with Gasteiger partial charge in [0.15, 0.2) is 0 Å². The lowest BCUT2D eigenvalue weighted by Crippen LogP contribution is -2.18. The first-order valence-corrected chi connectivity index (χ1v) is 10.3. The van der Waals surface area contributed by atoms with Crippen LogP contribution in [-0.2, 0) is 5.41 Å². The molecule has 3 nitrogen and oxygen atoms in total. The fourth-order valence-electron chi connectivity index (χ4n) is 4.13. The molecule has 0 saturated carbocycles. The summed E-state index contributed by atoms with van der Waals surface area (Å²) in [6.45, 7) is 4.30. The van der Waals surface area contributed by atoms with E-state index in [1.807, 2.05) is 36.4 Å². The van der Waals surface area contributed by atoms with E-state index in [2.05, 4.69) is 38.1 Å². The summed E-state index contributed by atoms with van der Waals surface area (Å²) < 4.78 is 0. The van der Waals surface area contributed by atoms with Crippen LogP contribution in [0.25, 0.3) is 0 Å². The van der Waals surface area contributed by atoms with Crippen LogP contribution in [-0.4, -0.2) is 15.3 Å². The van der Waals surface area contributed by atoms with E-state index in [4.69, 9.17) is 0 Å². The first-order chi connectivity index (χ1) is 14.9. The second-order valence-corrected chi connectivity index (χ2v) is 8.34. The van der Waals surface area contributed by atoms with Crippen molar-refractivity contribution in [2.45, 2.75) is 25.2 Å². The van der Waals surface area contributed by atoms with Gasteiger partial charge in [-0.05, 0) is 41.0 Å². The highest BCUT2D eigenvalue weighted by atomic mass is 16.3. The van der Waals surface area contributed by atoms with Gasteiger partial charge in [0.05, 0.1) is 0 Å². The molecule has 0 aliphatic rings. The maximum absolute atomic E-state index is 10.5. The van der Waals surface area contributed by atoms with Gasteiger partial charge in [0.25, 0.3) is 0 Å². The van der Waals surface area contributed by atoms with Crippen LogP contribution in [0.2, 0.25) is 0 Å². The molecule has 0 fully saturated rings. The molecule has 0 heterocycles. The van der Waals surface area contributed by atoms with E-state index in [-0.39, 0.29) is 28.6 Å². The summed E-state index contributed by atoms with van der Waals surface area (Å²) in [5, 5.41) is 30.7. The lowest BCUT2D eigenvalue weighted by Gasteiger charge is -2.27. The predicted molar refractivity (Wildman–Crippen MR) is 124 cm³/mol. The molecule has 0 spiro atoms. The Morgan fingerprint density at radius 2 is 0.968 bits per heavy atom. The van der Waals surface area contributed by atoms with E-state index in [0.717, 1.165) is 27.8 Å². The van der Waals surface area contributed by atoms with Crippen molar-refractivity contribution in [1.29, 1.82) is 0 Å². The SMILES string of the molecule is CC(C)(c1ccc(O)cc1)c1ccc(C(c2ccccc2O)c2ccccc2O)cc1. The number of hydrogen-bond acceptors (Lipinski definition) is 3. The van der Waals surface area contributed by atoms with Crippen molar-refractivity contribution in [3.63, 3.8) is 0 Å². The largest absolute Gasteiger partial charge is 0.508 e. The molecule has 4 aromatic rings. The number of para-hydroxylation sites is 2. The van der Waals surface area contributed by atoms with E-state index in [0.29, 0.717) is 0 Å². The Morgan fingerprint density at radius 3 is 1.42 bits per heavy atom. The Kier molecular flexibility index (Phi) is 5.43. The summed E-state index contributed by atoms with van der Waals surface area (Å²) in [5.74, 6) is 0.352. The lowest BCUT2D eigenvalue weighted by atomic mass is 9.77. The van der Waals surface area contributed by atoms with Crippen LogP contribution in [0.5, 0.6) is 17.2 Å². The molecule has 4 aromatic carbocycles. The molecular formula is C28H26O3. The molecule has 3 heteroatoms. The van der Waals surface area contributed by atoms with E-state index < -0.39 is 0 Å². The number of benzene rings is 4. The Bertz CT molecular complexity index is 1130. The average molecular weight is 411 g/mol. The van der Waals surface area contributed by atoms with Gasteiger partial charge in [0, 0.05) is 22.5 Å². The fraction of sp³-hybridized carbons (Fsp3) is 0.143. The van der Waals surface area contributed by atoms with Crippen molar-refractivity contribution in [3.05, 3.63) is 125 Å². The minimum atomic E-state index is -0.298. The highest BCUT2D eigenvalue weighted by Gasteiger charge is 2.26. The molecule has 31 heavy (non-hydrogen) atoms. The van der Waals surface area contributed by atoms with Gasteiger partial charge in [-0.2, -0.15) is 0 Å². The molecular weight excluding hydrogens is 384 g/mol. The average Bonchev–Trinajstić information content (AvgIpc) is 2.77. The molecule has 0 aliphatic carbocycles. The highest BCUT2D eigenvalue weighted by Crippen LogP contribution is 2.41. The number of hydrogen-bond donors (Lipinski definition) is 3. The van der Waals surface area contributed by atoms with Gasteiger partial charge < -0.3 is 15.3 Å². The van der Waals surface area contributed by atoms with Gasteiger partial charge in [-0.1, -0.05) is 86.6 Å². The zero-order valence-electron chi connectivity index (χ0n) is 17.7. The topological polar surface area (TPSA) is 60.7 Å². The summed E-state index contributed by atoms with van der Waals surface area (Å²) in [6, 6.07) is 30.1. The van der Waals surface area contributed by atoms with Crippen LogP contribution >= 0.6 is 0 Å². The van der Waals surface area contributed by atoms with Crippen molar-refractivity contribution < 1.29 is 15.3 Å². The first-order valence-electron chi connectivity index (χ1n) is 10.3. The minimum Gasteiger partial charge on any atom is -0.508 e. The third-order valence-electron chi connectivity index (χ3n) is 6.05. The van der Waals surface area contributed by atoms with Crippen LogP contribution < -0.4 is 0 Å². The van der Waals surface area contributed by atoms with Crippen LogP contribution in [0, 0.1) is 0 Å². The fourth-order valence-corrected chi connectivity index (χ4v) is 4.13. The van der Waals surface area contributed by atoms with Gasteiger partial charge >= 0.3 is 0 Å². The maximum Gasteiger partial charge on any atom is 0.119 e. The summed E-state index contributed by atoms with van der Waals surface area (Å²) in [5.41, 5.74) is 4.47. The van der Waals surface area contributed by atoms with Crippen molar-refractivity contribution in [1.82, 2.24) is 0 Å². The second-order valence-electron chi connectivity index (χ2n) is 8.34. The minimum absolute atomic E-state index is 0.198. The molecule has 4 rings (SSSR count). The quantitative estimate of drug-likeness (QED) is 0.338. The molecule has 0 amide bonds. The third kappa shape index (κ3) is 3.99. The smallest absolute Gasteiger partial charge is 0.119 e. The Hall–Kier alpha value is -3.72. The molecule has 3 N–H and O–H groups in total. The second kappa shape index (κ2) is 8.19. The summed E-state index contributed by atoms with van der Waals surface area (Å²) in [6.07, 6.45) is 0. The molecule has 0 unspecified atom stereocenters. The van der Waals surface area contributed by atoms with Crippen LogP contribution in [0.3, 0.4) is 0 Å². The molecule has 0 bridgehead atoms. The summed E-state index contributed by atoms with van der Waals surface area (Å²) >= 11 is 0. The van der Waals surface area contributed by atoms with E-state index in [9.17, 15) is 15.3 Å². The predicted octanol–water partition coefficient (Wildman–Crippen LogP) is 6.31. The summed E-state index contributed by atoms with van der Waals surface area (Å²) in [4.78, 5) is 0. The van der Waals surface area contributed by atoms with Gasteiger partial charge in [-0.3, -0.25) is 0 Å². The molecule has 0 aliphatic heterocycles. The number of phenols is 3. The number of phenolic OH excluding ortho intramolecular Hbond substituents is 3. The Labute approximate surface area is 182 Å². The van der Waals surface area contributed by atoms with Crippen molar-refractivity contribution in [2.24, 2.45) is 0 Å². The van der Waals surface area contributed by atoms with Crippen molar-refractivity contribution in [3.8, 4) is 17.2 Å². The van der Waals surface area contributed by atoms with E-state index in [1.165, 1.54) is 0 Å². The maximum atomic E-state index is 10.5. The molecule has 0 atom stereocenters.